The van der Waals surface area contributed by atoms with E-state index in [1.165, 1.54) is 6.07 Å². The predicted molar refractivity (Wildman–Crippen MR) is 96.4 cm³/mol. The number of anilines is 2. The molecule has 0 aromatic heterocycles. The van der Waals surface area contributed by atoms with Gasteiger partial charge in [-0.3, -0.25) is 15.2 Å². The molecule has 10 heteroatoms. The fourth-order valence-electron chi connectivity index (χ4n) is 1.73. The third-order valence-electron chi connectivity index (χ3n) is 2.56. The highest BCUT2D eigenvalue weighted by molar-refractivity contribution is 7.85. The number of hydrogen-bond acceptors (Lipinski definition) is 5. The summed E-state index contributed by atoms with van der Waals surface area (Å²) in [7, 11) is -3.67. The van der Waals surface area contributed by atoms with Crippen LogP contribution in [0.3, 0.4) is 0 Å². The molecule has 0 atom stereocenters. The average molecular weight is 382 g/mol. The maximum Gasteiger partial charge on any atom is 0.417 e. The number of carbonyl (C=O) groups is 2. The van der Waals surface area contributed by atoms with Crippen molar-refractivity contribution in [3.05, 3.63) is 54.1 Å². The molecule has 140 valence electrons. The zero-order chi connectivity index (χ0) is 19.7. The van der Waals surface area contributed by atoms with Crippen LogP contribution in [0.4, 0.5) is 21.0 Å². The van der Waals surface area contributed by atoms with Gasteiger partial charge in [-0.1, -0.05) is 18.2 Å². The Kier molecular flexibility index (Phi) is 7.56. The molecule has 0 saturated carbocycles. The fraction of sp³-hybridized carbons (Fsp3) is 0.125. The van der Waals surface area contributed by atoms with Crippen LogP contribution in [0.1, 0.15) is 5.56 Å². The molecular formula is C16H18N2O7S. The fourth-order valence-corrected chi connectivity index (χ4v) is 1.73. The van der Waals surface area contributed by atoms with E-state index in [1.54, 1.807) is 24.3 Å². The van der Waals surface area contributed by atoms with Gasteiger partial charge in [0.1, 0.15) is 5.75 Å². The van der Waals surface area contributed by atoms with E-state index in [4.69, 9.17) is 14.4 Å². The molecule has 0 aliphatic heterocycles. The lowest BCUT2D eigenvalue weighted by molar-refractivity contribution is 0.209. The minimum Gasteiger partial charge on any atom is -0.465 e. The van der Waals surface area contributed by atoms with Gasteiger partial charge in [-0.15, -0.1) is 0 Å². The van der Waals surface area contributed by atoms with E-state index in [2.05, 4.69) is 10.6 Å². The molecule has 0 unspecified atom stereocenters. The van der Waals surface area contributed by atoms with Crippen LogP contribution in [0.25, 0.3) is 0 Å². The zero-order valence-electron chi connectivity index (χ0n) is 14.0. The third-order valence-corrected chi connectivity index (χ3v) is 2.56. The SMILES string of the molecule is CS(=O)(=O)O.Cc1cccc(NC(=O)Oc2cccc(NC(=O)O)c2)c1. The van der Waals surface area contributed by atoms with Gasteiger partial charge < -0.3 is 9.84 Å². The van der Waals surface area contributed by atoms with Crippen molar-refractivity contribution in [1.82, 2.24) is 0 Å². The van der Waals surface area contributed by atoms with Gasteiger partial charge in [0.2, 0.25) is 0 Å². The quantitative estimate of drug-likeness (QED) is 0.597. The smallest absolute Gasteiger partial charge is 0.417 e. The Morgan fingerprint density at radius 1 is 1.00 bits per heavy atom. The summed E-state index contributed by atoms with van der Waals surface area (Å²) in [6.07, 6.45) is -1.11. The first-order valence-corrected chi connectivity index (χ1v) is 8.96. The Bertz CT molecular complexity index is 874. The highest BCUT2D eigenvalue weighted by Gasteiger charge is 2.06. The summed E-state index contributed by atoms with van der Waals surface area (Å²) in [5.74, 6) is 0.242. The second-order valence-electron chi connectivity index (χ2n) is 5.08. The summed E-state index contributed by atoms with van der Waals surface area (Å²) >= 11 is 0. The number of carboxylic acid groups (broad SMARTS) is 1. The number of nitrogens with one attached hydrogen (secondary N) is 2. The van der Waals surface area contributed by atoms with Crippen LogP contribution in [0, 0.1) is 6.92 Å². The molecule has 0 aliphatic carbocycles. The topological polar surface area (TPSA) is 142 Å². The van der Waals surface area contributed by atoms with Crippen LogP contribution < -0.4 is 15.4 Å². The van der Waals surface area contributed by atoms with E-state index < -0.39 is 22.3 Å². The van der Waals surface area contributed by atoms with E-state index in [-0.39, 0.29) is 5.75 Å². The lowest BCUT2D eigenvalue weighted by Gasteiger charge is -2.08. The largest absolute Gasteiger partial charge is 0.465 e. The van der Waals surface area contributed by atoms with Crippen LogP contribution in [0.2, 0.25) is 0 Å². The molecule has 0 bridgehead atoms. The molecule has 0 heterocycles. The van der Waals surface area contributed by atoms with Gasteiger partial charge in [-0.25, -0.2) is 9.59 Å². The number of rotatable bonds is 3. The highest BCUT2D eigenvalue weighted by atomic mass is 32.2. The highest BCUT2D eigenvalue weighted by Crippen LogP contribution is 2.18. The molecule has 0 saturated heterocycles. The van der Waals surface area contributed by atoms with Crippen LogP contribution in [-0.4, -0.2) is 36.5 Å². The van der Waals surface area contributed by atoms with Gasteiger partial charge in [0, 0.05) is 17.4 Å². The molecule has 2 amide bonds. The standard InChI is InChI=1S/C15H14N2O4.CH4O3S/c1-10-4-2-5-11(8-10)17-15(20)21-13-7-3-6-12(9-13)16-14(18)19;1-5(2,3)4/h2-9,16H,1H3,(H,17,20)(H,18,19);1H3,(H,2,3,4). The summed E-state index contributed by atoms with van der Waals surface area (Å²) in [5.41, 5.74) is 1.96. The first-order valence-electron chi connectivity index (χ1n) is 7.11. The second kappa shape index (κ2) is 9.39. The van der Waals surface area contributed by atoms with Gasteiger partial charge in [0.25, 0.3) is 10.1 Å². The van der Waals surface area contributed by atoms with Crippen molar-refractivity contribution in [3.8, 4) is 5.75 Å². The van der Waals surface area contributed by atoms with E-state index in [0.29, 0.717) is 17.6 Å². The molecular weight excluding hydrogens is 364 g/mol. The van der Waals surface area contributed by atoms with Crippen molar-refractivity contribution < 1.29 is 32.4 Å². The van der Waals surface area contributed by atoms with Crippen LogP contribution in [-0.2, 0) is 10.1 Å². The van der Waals surface area contributed by atoms with E-state index >= 15 is 0 Å². The Morgan fingerprint density at radius 2 is 1.54 bits per heavy atom. The van der Waals surface area contributed by atoms with E-state index in [1.807, 2.05) is 25.1 Å². The van der Waals surface area contributed by atoms with Crippen molar-refractivity contribution in [2.24, 2.45) is 0 Å². The van der Waals surface area contributed by atoms with Crippen molar-refractivity contribution in [2.75, 3.05) is 16.9 Å². The number of amides is 2. The molecule has 0 spiro atoms. The Hall–Kier alpha value is -3.11. The summed E-state index contributed by atoms with van der Waals surface area (Å²) in [4.78, 5) is 22.3. The van der Waals surface area contributed by atoms with Gasteiger partial charge in [0.15, 0.2) is 0 Å². The van der Waals surface area contributed by atoms with Gasteiger partial charge in [0.05, 0.1) is 6.26 Å². The average Bonchev–Trinajstić information content (AvgIpc) is 2.44. The number of aryl methyl sites for hydroxylation is 1. The number of benzene rings is 2. The summed E-state index contributed by atoms with van der Waals surface area (Å²) in [6.45, 7) is 1.91. The molecule has 2 aromatic rings. The van der Waals surface area contributed by atoms with Crippen molar-refractivity contribution in [3.63, 3.8) is 0 Å². The monoisotopic (exact) mass is 382 g/mol. The Labute approximate surface area is 150 Å². The third kappa shape index (κ3) is 9.90. The maximum absolute atomic E-state index is 11.8. The lowest BCUT2D eigenvalue weighted by atomic mass is 10.2. The first-order chi connectivity index (χ1) is 12.0. The Morgan fingerprint density at radius 3 is 2.08 bits per heavy atom. The molecule has 2 aromatic carbocycles. The van der Waals surface area contributed by atoms with Crippen molar-refractivity contribution in [1.29, 1.82) is 0 Å². The molecule has 9 nitrogen and oxygen atoms in total. The second-order valence-corrected chi connectivity index (χ2v) is 6.54. The van der Waals surface area contributed by atoms with Gasteiger partial charge in [-0.2, -0.15) is 8.42 Å². The number of carbonyl (C=O) groups excluding carboxylic acids is 1. The van der Waals surface area contributed by atoms with Gasteiger partial charge >= 0.3 is 12.2 Å². The van der Waals surface area contributed by atoms with Crippen molar-refractivity contribution in [2.45, 2.75) is 6.92 Å². The van der Waals surface area contributed by atoms with Crippen LogP contribution >= 0.6 is 0 Å². The zero-order valence-corrected chi connectivity index (χ0v) is 14.8. The van der Waals surface area contributed by atoms with Gasteiger partial charge in [-0.05, 0) is 36.8 Å². The van der Waals surface area contributed by atoms with Crippen LogP contribution in [0.15, 0.2) is 48.5 Å². The Balaban J connectivity index is 0.000000597. The maximum atomic E-state index is 11.8. The molecule has 0 fully saturated rings. The summed E-state index contributed by atoms with van der Waals surface area (Å²) in [6, 6.07) is 13.4. The molecule has 4 N–H and O–H groups in total. The summed E-state index contributed by atoms with van der Waals surface area (Å²) in [5, 5.41) is 13.4. The summed E-state index contributed by atoms with van der Waals surface area (Å²) < 4.78 is 31.0. The first kappa shape index (κ1) is 20.9. The molecule has 26 heavy (non-hydrogen) atoms. The van der Waals surface area contributed by atoms with E-state index in [9.17, 15) is 18.0 Å². The van der Waals surface area contributed by atoms with Crippen LogP contribution in [0.5, 0.6) is 5.75 Å². The number of ether oxygens (including phenoxy) is 1. The number of hydrogen-bond donors (Lipinski definition) is 4. The van der Waals surface area contributed by atoms with Crippen molar-refractivity contribution >= 4 is 33.7 Å². The molecule has 2 rings (SSSR count). The minimum atomic E-state index is -3.67. The van der Waals surface area contributed by atoms with E-state index in [0.717, 1.165) is 5.56 Å². The lowest BCUT2D eigenvalue weighted by Crippen LogP contribution is -2.17. The predicted octanol–water partition coefficient (Wildman–Crippen LogP) is 3.20. The minimum absolute atomic E-state index is 0.242. The normalized spacial score (nSPS) is 10.1. The molecule has 0 radical (unpaired) electrons. The molecule has 0 aliphatic rings.